The Kier molecular flexibility index (Phi) is 7.19. The first-order valence-electron chi connectivity index (χ1n) is 10.6. The Morgan fingerprint density at radius 1 is 1.09 bits per heavy atom. The van der Waals surface area contributed by atoms with Crippen molar-refractivity contribution in [3.05, 3.63) is 97.4 Å². The Morgan fingerprint density at radius 3 is 2.54 bits per heavy atom. The maximum Gasteiger partial charge on any atom is 0.251 e. The molecule has 180 valence electrons. The summed E-state index contributed by atoms with van der Waals surface area (Å²) in [7, 11) is 1.53. The van der Waals surface area contributed by atoms with Crippen molar-refractivity contribution >= 4 is 62.5 Å². The van der Waals surface area contributed by atoms with Crippen LogP contribution in [0.2, 0.25) is 10.0 Å². The Hall–Kier alpha value is -2.91. The van der Waals surface area contributed by atoms with Crippen LogP contribution in [-0.2, 0) is 28.0 Å². The molecule has 3 aromatic carbocycles. The second-order valence-corrected chi connectivity index (χ2v) is 10.1. The van der Waals surface area contributed by atoms with Gasteiger partial charge in [-0.3, -0.25) is 19.4 Å². The van der Waals surface area contributed by atoms with Gasteiger partial charge in [0.25, 0.3) is 5.91 Å². The first kappa shape index (κ1) is 25.2. The Balaban J connectivity index is 1.68. The number of hydrogen-bond donors (Lipinski definition) is 3. The Morgan fingerprint density at radius 2 is 1.83 bits per heavy atom. The molecule has 1 aliphatic heterocycles. The molecule has 0 saturated carbocycles. The summed E-state index contributed by atoms with van der Waals surface area (Å²) in [5, 5.41) is 5.13. The van der Waals surface area contributed by atoms with Crippen LogP contribution in [-0.4, -0.2) is 29.8 Å². The van der Waals surface area contributed by atoms with Gasteiger partial charge >= 0.3 is 0 Å². The minimum absolute atomic E-state index is 0.108. The minimum Gasteiger partial charge on any atom is -0.366 e. The van der Waals surface area contributed by atoms with E-state index in [-0.39, 0.29) is 30.2 Å². The van der Waals surface area contributed by atoms with E-state index in [4.69, 9.17) is 28.9 Å². The largest absolute Gasteiger partial charge is 0.366 e. The second kappa shape index (κ2) is 9.99. The number of hydrazine groups is 1. The normalized spacial score (nSPS) is 16.5. The highest BCUT2D eigenvalue weighted by Crippen LogP contribution is 2.40. The highest BCUT2D eigenvalue weighted by molar-refractivity contribution is 9.10. The minimum atomic E-state index is -1.31. The number of fused-ring (bicyclic) bond motifs is 1. The predicted molar refractivity (Wildman–Crippen MR) is 139 cm³/mol. The molecule has 3 aromatic rings. The van der Waals surface area contributed by atoms with Crippen molar-refractivity contribution in [2.24, 2.45) is 5.73 Å². The number of likely N-dealkylation sites (N-methyl/N-ethyl adjacent to an activating group) is 1. The highest BCUT2D eigenvalue weighted by atomic mass is 79.9. The third kappa shape index (κ3) is 5.21. The molecule has 0 saturated heterocycles. The fraction of sp³-hybridized carbons (Fsp3) is 0.160. The number of halogens is 3. The molecule has 35 heavy (non-hydrogen) atoms. The number of benzene rings is 3. The van der Waals surface area contributed by atoms with E-state index in [1.54, 1.807) is 54.6 Å². The van der Waals surface area contributed by atoms with E-state index in [0.29, 0.717) is 31.3 Å². The van der Waals surface area contributed by atoms with Gasteiger partial charge in [-0.05, 0) is 53.6 Å². The van der Waals surface area contributed by atoms with Crippen LogP contribution in [0.4, 0.5) is 5.69 Å². The van der Waals surface area contributed by atoms with E-state index in [2.05, 4.69) is 26.7 Å². The van der Waals surface area contributed by atoms with Crippen molar-refractivity contribution < 1.29 is 14.4 Å². The van der Waals surface area contributed by atoms with Gasteiger partial charge in [-0.2, -0.15) is 0 Å². The molecule has 0 aromatic heterocycles. The molecule has 0 radical (unpaired) electrons. The van der Waals surface area contributed by atoms with E-state index in [1.165, 1.54) is 12.1 Å². The number of rotatable bonds is 7. The average molecular weight is 576 g/mol. The van der Waals surface area contributed by atoms with Crippen molar-refractivity contribution in [3.63, 3.8) is 0 Å². The number of hydrogen-bond acceptors (Lipinski definition) is 4. The molecule has 4 rings (SSSR count). The number of amides is 3. The fourth-order valence-corrected chi connectivity index (χ4v) is 5.00. The van der Waals surface area contributed by atoms with Crippen molar-refractivity contribution in [1.82, 2.24) is 10.4 Å². The topological polar surface area (TPSA) is 105 Å². The average Bonchev–Trinajstić information content (AvgIpc) is 3.03. The summed E-state index contributed by atoms with van der Waals surface area (Å²) in [6.45, 7) is 0. The number of nitrogens with one attached hydrogen (secondary N) is 2. The number of carbonyl (C=O) groups excluding carboxylic acids is 3. The van der Waals surface area contributed by atoms with Crippen LogP contribution < -0.4 is 16.5 Å². The maximum atomic E-state index is 13.4. The summed E-state index contributed by atoms with van der Waals surface area (Å²) in [6.07, 6.45) is 0.110. The van der Waals surface area contributed by atoms with Crippen LogP contribution in [0.1, 0.15) is 27.0 Å². The number of nitrogens with two attached hydrogens (primary N) is 1. The third-order valence-electron chi connectivity index (χ3n) is 5.84. The number of nitrogens with zero attached hydrogens (tertiary/aromatic N) is 1. The molecule has 1 unspecified atom stereocenters. The summed E-state index contributed by atoms with van der Waals surface area (Å²) in [6, 6.07) is 17.2. The summed E-state index contributed by atoms with van der Waals surface area (Å²) in [5.41, 5.74) is 10.0. The molecule has 7 nitrogen and oxygen atoms in total. The first-order valence-corrected chi connectivity index (χ1v) is 12.1. The third-order valence-corrected chi connectivity index (χ3v) is 6.81. The van der Waals surface area contributed by atoms with E-state index in [1.807, 2.05) is 6.07 Å². The van der Waals surface area contributed by atoms with Gasteiger partial charge in [0.1, 0.15) is 5.54 Å². The number of primary amides is 1. The first-order chi connectivity index (χ1) is 16.6. The standard InChI is InChI=1S/C25H21BrCl2N4O3/c1-32(22(33)11-15-10-16(26)5-7-19(15)23(29)34)31-25(13-14-3-2-4-17(27)9-14)20-8-6-18(28)12-21(20)30-24(25)35/h2-10,12,31H,11,13H2,1H3,(H2,29,34)(H,30,35). The molecule has 1 aliphatic rings. The van der Waals surface area contributed by atoms with Crippen molar-refractivity contribution in [1.29, 1.82) is 0 Å². The monoisotopic (exact) mass is 574 g/mol. The van der Waals surface area contributed by atoms with E-state index < -0.39 is 11.4 Å². The lowest BCUT2D eigenvalue weighted by Gasteiger charge is -2.34. The van der Waals surface area contributed by atoms with Crippen molar-refractivity contribution in [3.8, 4) is 0 Å². The molecule has 0 aliphatic carbocycles. The number of carbonyl (C=O) groups is 3. The summed E-state index contributed by atoms with van der Waals surface area (Å²) in [4.78, 5) is 38.5. The fourth-order valence-electron chi connectivity index (χ4n) is 4.20. The Bertz CT molecular complexity index is 1350. The molecule has 0 bridgehead atoms. The molecule has 4 N–H and O–H groups in total. The van der Waals surface area contributed by atoms with Crippen molar-refractivity contribution in [2.75, 3.05) is 12.4 Å². The van der Waals surface area contributed by atoms with Crippen LogP contribution in [0.15, 0.2) is 65.1 Å². The lowest BCUT2D eigenvalue weighted by molar-refractivity contribution is -0.136. The zero-order valence-corrected chi connectivity index (χ0v) is 21.7. The molecular weight excluding hydrogens is 555 g/mol. The lowest BCUT2D eigenvalue weighted by atomic mass is 9.85. The van der Waals surface area contributed by atoms with Gasteiger partial charge in [-0.25, -0.2) is 5.43 Å². The van der Waals surface area contributed by atoms with Gasteiger partial charge in [0.15, 0.2) is 0 Å². The summed E-state index contributed by atoms with van der Waals surface area (Å²) < 4.78 is 0.708. The molecule has 1 atom stereocenters. The lowest BCUT2D eigenvalue weighted by Crippen LogP contribution is -2.57. The van der Waals surface area contributed by atoms with Gasteiger partial charge in [-0.1, -0.05) is 57.3 Å². The molecule has 10 heteroatoms. The van der Waals surface area contributed by atoms with E-state index in [9.17, 15) is 14.4 Å². The van der Waals surface area contributed by atoms with Gasteiger partial charge in [0.2, 0.25) is 11.8 Å². The molecular formula is C25H21BrCl2N4O3. The molecule has 3 amide bonds. The maximum absolute atomic E-state index is 13.4. The summed E-state index contributed by atoms with van der Waals surface area (Å²) >= 11 is 15.7. The van der Waals surface area contributed by atoms with Crippen molar-refractivity contribution in [2.45, 2.75) is 18.4 Å². The van der Waals surface area contributed by atoms with Gasteiger partial charge < -0.3 is 11.1 Å². The second-order valence-electron chi connectivity index (χ2n) is 8.26. The SMILES string of the molecule is CN(NC1(Cc2cccc(Cl)c2)C(=O)Nc2cc(Cl)ccc21)C(=O)Cc1cc(Br)ccc1C(N)=O. The molecule has 0 spiro atoms. The van der Waals surface area contributed by atoms with E-state index in [0.717, 1.165) is 5.56 Å². The molecule has 1 heterocycles. The van der Waals surface area contributed by atoms with Crippen LogP contribution in [0.5, 0.6) is 0 Å². The highest BCUT2D eigenvalue weighted by Gasteiger charge is 2.48. The van der Waals surface area contributed by atoms with Crippen LogP contribution >= 0.6 is 39.1 Å². The Labute approximate surface area is 220 Å². The van der Waals surface area contributed by atoms with E-state index >= 15 is 0 Å². The van der Waals surface area contributed by atoms with Gasteiger partial charge in [-0.15, -0.1) is 0 Å². The quantitative estimate of drug-likeness (QED) is 0.362. The smallest absolute Gasteiger partial charge is 0.251 e. The zero-order chi connectivity index (χ0) is 25.3. The van der Waals surface area contributed by atoms with Gasteiger partial charge in [0, 0.05) is 44.8 Å². The zero-order valence-electron chi connectivity index (χ0n) is 18.6. The van der Waals surface area contributed by atoms with Crippen LogP contribution in [0.25, 0.3) is 0 Å². The van der Waals surface area contributed by atoms with Crippen LogP contribution in [0.3, 0.4) is 0 Å². The van der Waals surface area contributed by atoms with Crippen LogP contribution in [0, 0.1) is 0 Å². The molecule has 0 fully saturated rings. The number of anilines is 1. The van der Waals surface area contributed by atoms with Gasteiger partial charge in [0.05, 0.1) is 6.42 Å². The summed E-state index contributed by atoms with van der Waals surface area (Å²) in [5.74, 6) is -1.34. The predicted octanol–water partition coefficient (Wildman–Crippen LogP) is 4.45.